The molecule has 16 heavy (non-hydrogen) atoms. The van der Waals surface area contributed by atoms with E-state index in [1.807, 2.05) is 12.2 Å². The van der Waals surface area contributed by atoms with Crippen molar-refractivity contribution in [3.63, 3.8) is 0 Å². The van der Waals surface area contributed by atoms with Crippen LogP contribution in [0.1, 0.15) is 51.9 Å². The Morgan fingerprint density at radius 3 is 1.75 bits per heavy atom. The third-order valence-corrected chi connectivity index (χ3v) is 3.25. The van der Waals surface area contributed by atoms with Crippen LogP contribution in [0.25, 0.3) is 0 Å². The minimum Gasteiger partial charge on any atom is -0.103 e. The van der Waals surface area contributed by atoms with Gasteiger partial charge in [0.05, 0.1) is 0 Å². The molecule has 0 aliphatic heterocycles. The lowest BCUT2D eigenvalue weighted by Gasteiger charge is -2.24. The van der Waals surface area contributed by atoms with Gasteiger partial charge in [0.25, 0.3) is 0 Å². The molecule has 0 heterocycles. The zero-order valence-corrected chi connectivity index (χ0v) is 11.0. The smallest absolute Gasteiger partial charge is 0.0314 e. The zero-order chi connectivity index (χ0) is 12.2. The highest BCUT2D eigenvalue weighted by Gasteiger charge is 2.17. The second kappa shape index (κ2) is 10.7. The Balaban J connectivity index is 4.23. The summed E-state index contributed by atoms with van der Waals surface area (Å²) < 4.78 is 0. The van der Waals surface area contributed by atoms with Gasteiger partial charge >= 0.3 is 0 Å². The summed E-state index contributed by atoms with van der Waals surface area (Å²) >= 11 is 0. The molecule has 0 radical (unpaired) electrons. The highest BCUT2D eigenvalue weighted by molar-refractivity contribution is 4.86. The number of hydrogen-bond acceptors (Lipinski definition) is 0. The van der Waals surface area contributed by atoms with Crippen molar-refractivity contribution in [2.45, 2.75) is 51.9 Å². The summed E-state index contributed by atoms with van der Waals surface area (Å²) in [5.74, 6) is 1.48. The summed E-state index contributed by atoms with van der Waals surface area (Å²) in [4.78, 5) is 0. The van der Waals surface area contributed by atoms with Gasteiger partial charge in [-0.2, -0.15) is 0 Å². The van der Waals surface area contributed by atoms with Gasteiger partial charge in [0.2, 0.25) is 0 Å². The Morgan fingerprint density at radius 2 is 1.31 bits per heavy atom. The van der Waals surface area contributed by atoms with E-state index < -0.39 is 0 Å². The molecule has 0 saturated carbocycles. The number of unbranched alkanes of at least 4 members (excludes halogenated alkanes) is 2. The Bertz CT molecular complexity index is 180. The molecular formula is C16H28. The van der Waals surface area contributed by atoms with E-state index in [0.717, 1.165) is 25.2 Å². The summed E-state index contributed by atoms with van der Waals surface area (Å²) in [6, 6.07) is 0. The van der Waals surface area contributed by atoms with Crippen molar-refractivity contribution in [2.24, 2.45) is 11.8 Å². The predicted octanol–water partition coefficient (Wildman–Crippen LogP) is 5.53. The van der Waals surface area contributed by atoms with Crippen molar-refractivity contribution >= 4 is 0 Å². The third kappa shape index (κ3) is 6.66. The minimum atomic E-state index is 0.713. The van der Waals surface area contributed by atoms with Crippen molar-refractivity contribution < 1.29 is 0 Å². The van der Waals surface area contributed by atoms with E-state index in [0.29, 0.717) is 5.92 Å². The summed E-state index contributed by atoms with van der Waals surface area (Å²) in [5.41, 5.74) is 0. The number of rotatable bonds is 11. The van der Waals surface area contributed by atoms with Gasteiger partial charge in [-0.15, -0.1) is 19.7 Å². The van der Waals surface area contributed by atoms with E-state index in [1.54, 1.807) is 0 Å². The number of allylic oxidation sites excluding steroid dienone is 3. The second-order valence-corrected chi connectivity index (χ2v) is 4.59. The molecule has 0 amide bonds. The lowest BCUT2D eigenvalue weighted by atomic mass is 9.81. The molecule has 0 bridgehead atoms. The van der Waals surface area contributed by atoms with Crippen LogP contribution in [0.4, 0.5) is 0 Å². The highest BCUT2D eigenvalue weighted by atomic mass is 14.2. The van der Waals surface area contributed by atoms with E-state index in [-0.39, 0.29) is 0 Å². The van der Waals surface area contributed by atoms with Crippen LogP contribution in [-0.4, -0.2) is 0 Å². The fourth-order valence-corrected chi connectivity index (χ4v) is 2.33. The largest absolute Gasteiger partial charge is 0.103 e. The molecule has 0 saturated heterocycles. The van der Waals surface area contributed by atoms with Gasteiger partial charge in [0, 0.05) is 0 Å². The average molecular weight is 220 g/mol. The Hall–Kier alpha value is -0.780. The van der Waals surface area contributed by atoms with Gasteiger partial charge in [-0.05, 0) is 37.5 Å². The molecule has 0 aliphatic rings. The van der Waals surface area contributed by atoms with Crippen LogP contribution in [0.2, 0.25) is 0 Å². The maximum Gasteiger partial charge on any atom is -0.0314 e. The van der Waals surface area contributed by atoms with Crippen LogP contribution >= 0.6 is 0 Å². The molecule has 0 fully saturated rings. The second-order valence-electron chi connectivity index (χ2n) is 4.59. The van der Waals surface area contributed by atoms with Gasteiger partial charge in [0.1, 0.15) is 0 Å². The summed E-state index contributed by atoms with van der Waals surface area (Å²) in [5, 5.41) is 0. The molecule has 0 N–H and O–H groups in total. The van der Waals surface area contributed by atoms with Gasteiger partial charge in [-0.3, -0.25) is 0 Å². The van der Waals surface area contributed by atoms with Gasteiger partial charge < -0.3 is 0 Å². The van der Waals surface area contributed by atoms with E-state index in [9.17, 15) is 0 Å². The van der Waals surface area contributed by atoms with Crippen LogP contribution in [0.3, 0.4) is 0 Å². The average Bonchev–Trinajstić information content (AvgIpc) is 2.28. The predicted molar refractivity (Wildman–Crippen MR) is 75.6 cm³/mol. The molecule has 0 heteroatoms. The van der Waals surface area contributed by atoms with Crippen molar-refractivity contribution in [2.75, 3.05) is 0 Å². The fraction of sp³-hybridized carbons (Fsp3) is 0.625. The first-order chi connectivity index (χ1) is 7.79. The molecule has 0 spiro atoms. The first-order valence-electron chi connectivity index (χ1n) is 6.62. The van der Waals surface area contributed by atoms with Crippen LogP contribution < -0.4 is 0 Å². The van der Waals surface area contributed by atoms with Crippen molar-refractivity contribution in [3.8, 4) is 0 Å². The lowest BCUT2D eigenvalue weighted by molar-refractivity contribution is 0.309. The topological polar surface area (TPSA) is 0 Å². The molecule has 0 aromatic rings. The molecule has 0 nitrogen and oxygen atoms in total. The SMILES string of the molecule is C=CCC(CC=C)C(CC=C)CCCCC. The molecule has 0 aromatic heterocycles. The van der Waals surface area contributed by atoms with Crippen LogP contribution in [-0.2, 0) is 0 Å². The van der Waals surface area contributed by atoms with Crippen LogP contribution in [0.5, 0.6) is 0 Å². The molecule has 92 valence electrons. The molecular weight excluding hydrogens is 192 g/mol. The molecule has 0 rings (SSSR count). The zero-order valence-electron chi connectivity index (χ0n) is 11.0. The normalized spacial score (nSPS) is 12.4. The maximum absolute atomic E-state index is 3.88. The first-order valence-corrected chi connectivity index (χ1v) is 6.62. The monoisotopic (exact) mass is 220 g/mol. The Morgan fingerprint density at radius 1 is 0.812 bits per heavy atom. The Labute approximate surface area is 102 Å². The maximum atomic E-state index is 3.88. The molecule has 1 unspecified atom stereocenters. The quantitative estimate of drug-likeness (QED) is 0.317. The van der Waals surface area contributed by atoms with E-state index >= 15 is 0 Å². The first kappa shape index (κ1) is 15.2. The molecule has 1 atom stereocenters. The van der Waals surface area contributed by atoms with Crippen LogP contribution in [0, 0.1) is 11.8 Å². The van der Waals surface area contributed by atoms with Gasteiger partial charge in [0.15, 0.2) is 0 Å². The van der Waals surface area contributed by atoms with Crippen molar-refractivity contribution in [3.05, 3.63) is 38.0 Å². The summed E-state index contributed by atoms with van der Waals surface area (Å²) in [7, 11) is 0. The molecule has 0 aromatic carbocycles. The third-order valence-electron chi connectivity index (χ3n) is 3.25. The van der Waals surface area contributed by atoms with Gasteiger partial charge in [-0.25, -0.2) is 0 Å². The summed E-state index contributed by atoms with van der Waals surface area (Å²) in [6.45, 7) is 13.9. The van der Waals surface area contributed by atoms with E-state index in [1.165, 1.54) is 25.7 Å². The van der Waals surface area contributed by atoms with Crippen molar-refractivity contribution in [1.82, 2.24) is 0 Å². The van der Waals surface area contributed by atoms with Gasteiger partial charge in [-0.1, -0.05) is 44.4 Å². The number of hydrogen-bond donors (Lipinski definition) is 0. The fourth-order valence-electron chi connectivity index (χ4n) is 2.33. The van der Waals surface area contributed by atoms with E-state index in [2.05, 4.69) is 32.7 Å². The van der Waals surface area contributed by atoms with Crippen molar-refractivity contribution in [1.29, 1.82) is 0 Å². The molecule has 0 aliphatic carbocycles. The standard InChI is InChI=1S/C16H28/c1-5-9-10-14-16(13-8-4)15(11-6-2)12-7-3/h6-8,15-16H,2-5,9-14H2,1H3. The van der Waals surface area contributed by atoms with E-state index in [4.69, 9.17) is 0 Å². The Kier molecular flexibility index (Phi) is 10.2. The summed E-state index contributed by atoms with van der Waals surface area (Å²) in [6.07, 6.45) is 14.8. The minimum absolute atomic E-state index is 0.713. The van der Waals surface area contributed by atoms with Crippen LogP contribution in [0.15, 0.2) is 38.0 Å². The highest BCUT2D eigenvalue weighted by Crippen LogP contribution is 2.29. The lowest BCUT2D eigenvalue weighted by Crippen LogP contribution is -2.13.